The van der Waals surface area contributed by atoms with Crippen molar-refractivity contribution < 1.29 is 15.0 Å². The number of hydrogen-bond acceptors (Lipinski definition) is 3. The van der Waals surface area contributed by atoms with Crippen LogP contribution in [0.15, 0.2) is 60.8 Å². The molecule has 0 saturated carbocycles. The highest BCUT2D eigenvalue weighted by Crippen LogP contribution is 2.18. The minimum Gasteiger partial charge on any atom is -0.394 e. The number of aliphatic hydroxyl groups excluding tert-OH is 2. The lowest BCUT2D eigenvalue weighted by Gasteiger charge is -2.19. The van der Waals surface area contributed by atoms with E-state index in [1.54, 1.807) is 6.08 Å². The van der Waals surface area contributed by atoms with Crippen LogP contribution >= 0.6 is 0 Å². The number of aliphatic hydroxyl groups is 2. The molecule has 76 heavy (non-hydrogen) atoms. The van der Waals surface area contributed by atoms with Crippen molar-refractivity contribution in [3.05, 3.63) is 60.8 Å². The van der Waals surface area contributed by atoms with Gasteiger partial charge in [0.1, 0.15) is 0 Å². The second kappa shape index (κ2) is 67.4. The van der Waals surface area contributed by atoms with E-state index in [1.807, 2.05) is 6.08 Å². The summed E-state index contributed by atoms with van der Waals surface area (Å²) in [5, 5.41) is 23.3. The summed E-state index contributed by atoms with van der Waals surface area (Å²) in [5.41, 5.74) is 0. The van der Waals surface area contributed by atoms with E-state index in [4.69, 9.17) is 0 Å². The molecule has 2 atom stereocenters. The summed E-state index contributed by atoms with van der Waals surface area (Å²) >= 11 is 0. The highest BCUT2D eigenvalue weighted by molar-refractivity contribution is 5.76. The topological polar surface area (TPSA) is 69.6 Å². The molecule has 4 heteroatoms. The molecule has 0 aliphatic rings. The SMILES string of the molecule is CCCCCCC/C=C\C/C=C\C/C=C\CCCCCCCCCCCCCCCCCCCCC(=O)NC(CO)C(O)/C=C/CC/C=C/CCCCCCCCCCCCCCCCCCCCCCCCCCC. The van der Waals surface area contributed by atoms with Gasteiger partial charge in [-0.1, -0.05) is 357 Å². The summed E-state index contributed by atoms with van der Waals surface area (Å²) in [5.74, 6) is -0.0686. The molecule has 2 unspecified atom stereocenters. The van der Waals surface area contributed by atoms with Crippen LogP contribution in [0, 0.1) is 0 Å². The van der Waals surface area contributed by atoms with Gasteiger partial charge in [-0.25, -0.2) is 0 Å². The summed E-state index contributed by atoms with van der Waals surface area (Å²) in [6.07, 6.45) is 95.9. The Balaban J connectivity index is 3.47. The van der Waals surface area contributed by atoms with Crippen LogP contribution < -0.4 is 5.32 Å². The van der Waals surface area contributed by atoms with Crippen molar-refractivity contribution in [1.82, 2.24) is 5.32 Å². The first kappa shape index (κ1) is 74.1. The number of nitrogens with one attached hydrogen (secondary N) is 1. The van der Waals surface area contributed by atoms with Crippen LogP contribution in [0.1, 0.15) is 373 Å². The highest BCUT2D eigenvalue weighted by atomic mass is 16.3. The number of unbranched alkanes of at least 4 members (excludes halogenated alkanes) is 49. The van der Waals surface area contributed by atoms with Gasteiger partial charge in [0.05, 0.1) is 18.8 Å². The summed E-state index contributed by atoms with van der Waals surface area (Å²) in [4.78, 5) is 12.5. The fraction of sp³-hybridized carbons (Fsp3) is 0.847. The van der Waals surface area contributed by atoms with E-state index in [0.717, 1.165) is 44.9 Å². The van der Waals surface area contributed by atoms with Crippen LogP contribution in [-0.2, 0) is 4.79 Å². The van der Waals surface area contributed by atoms with Crippen molar-refractivity contribution in [1.29, 1.82) is 0 Å². The van der Waals surface area contributed by atoms with Crippen LogP contribution in [0.3, 0.4) is 0 Å². The van der Waals surface area contributed by atoms with Gasteiger partial charge in [0.15, 0.2) is 0 Å². The smallest absolute Gasteiger partial charge is 0.220 e. The van der Waals surface area contributed by atoms with Crippen LogP contribution in [-0.4, -0.2) is 34.9 Å². The Kier molecular flexibility index (Phi) is 65.7. The van der Waals surface area contributed by atoms with E-state index < -0.39 is 12.1 Å². The first-order valence-electron chi connectivity index (χ1n) is 34.5. The second-order valence-corrected chi connectivity index (χ2v) is 23.6. The summed E-state index contributed by atoms with van der Waals surface area (Å²) in [6.45, 7) is 4.32. The van der Waals surface area contributed by atoms with E-state index in [1.165, 1.54) is 308 Å². The molecule has 0 fully saturated rings. The first-order chi connectivity index (χ1) is 37.7. The molecule has 446 valence electrons. The summed E-state index contributed by atoms with van der Waals surface area (Å²) in [7, 11) is 0. The Morgan fingerprint density at radius 3 is 0.855 bits per heavy atom. The summed E-state index contributed by atoms with van der Waals surface area (Å²) in [6, 6.07) is -0.642. The molecule has 0 bridgehead atoms. The molecular formula is C72H135NO3. The Morgan fingerprint density at radius 1 is 0.316 bits per heavy atom. The van der Waals surface area contributed by atoms with Gasteiger partial charge in [-0.3, -0.25) is 4.79 Å². The van der Waals surface area contributed by atoms with Crippen molar-refractivity contribution in [2.45, 2.75) is 386 Å². The molecule has 0 saturated heterocycles. The number of rotatable bonds is 64. The van der Waals surface area contributed by atoms with Crippen LogP contribution in [0.25, 0.3) is 0 Å². The molecule has 3 N–H and O–H groups in total. The summed E-state index contributed by atoms with van der Waals surface area (Å²) < 4.78 is 0. The molecule has 1 amide bonds. The molecule has 0 aromatic carbocycles. The lowest BCUT2D eigenvalue weighted by atomic mass is 10.0. The zero-order chi connectivity index (χ0) is 54.8. The van der Waals surface area contributed by atoms with E-state index in [9.17, 15) is 15.0 Å². The van der Waals surface area contributed by atoms with Gasteiger partial charge in [-0.2, -0.15) is 0 Å². The standard InChI is InChI=1S/C72H135NO3/c1-3-5-7-9-11-13-15-17-19-21-23-25-27-29-31-33-35-36-38-40-42-44-46-48-50-52-54-56-58-60-62-64-66-68-72(76)73-70(69-74)71(75)67-65-63-61-59-57-55-53-51-49-47-45-43-41-39-37-34-32-30-28-26-24-22-20-18-16-14-12-10-8-6-4-2/h15,17,21,23,27,29,57,59,65,67,70-71,74-75H,3-14,16,18-20,22,24-26,28,30-56,58,60-64,66,68-69H2,1-2H3,(H,73,76)/b17-15-,23-21-,29-27-,59-57+,67-65+. The minimum absolute atomic E-state index is 0.0686. The van der Waals surface area contributed by atoms with Crippen LogP contribution in [0.5, 0.6) is 0 Å². The average Bonchev–Trinajstić information content (AvgIpc) is 3.42. The van der Waals surface area contributed by atoms with E-state index in [0.29, 0.717) is 6.42 Å². The second-order valence-electron chi connectivity index (χ2n) is 23.6. The molecule has 4 nitrogen and oxygen atoms in total. The highest BCUT2D eigenvalue weighted by Gasteiger charge is 2.18. The third-order valence-electron chi connectivity index (χ3n) is 16.0. The monoisotopic (exact) mass is 1060 g/mol. The van der Waals surface area contributed by atoms with Crippen molar-refractivity contribution in [2.24, 2.45) is 0 Å². The minimum atomic E-state index is -0.865. The molecule has 0 aromatic rings. The van der Waals surface area contributed by atoms with Gasteiger partial charge in [0.2, 0.25) is 5.91 Å². The van der Waals surface area contributed by atoms with Gasteiger partial charge >= 0.3 is 0 Å². The predicted octanol–water partition coefficient (Wildman–Crippen LogP) is 23.5. The zero-order valence-corrected chi connectivity index (χ0v) is 51.5. The molecule has 0 radical (unpaired) electrons. The fourth-order valence-corrected chi connectivity index (χ4v) is 10.7. The maximum Gasteiger partial charge on any atom is 0.220 e. The lowest BCUT2D eigenvalue weighted by molar-refractivity contribution is -0.123. The normalized spacial score (nSPS) is 13.1. The van der Waals surface area contributed by atoms with Crippen molar-refractivity contribution in [2.75, 3.05) is 6.61 Å². The van der Waals surface area contributed by atoms with Crippen molar-refractivity contribution in [3.8, 4) is 0 Å². The molecular weight excluding hydrogens is 927 g/mol. The van der Waals surface area contributed by atoms with Crippen molar-refractivity contribution >= 4 is 5.91 Å². The number of amides is 1. The Morgan fingerprint density at radius 2 is 0.553 bits per heavy atom. The average molecular weight is 1060 g/mol. The van der Waals surface area contributed by atoms with E-state index in [-0.39, 0.29) is 12.5 Å². The third-order valence-corrected chi connectivity index (χ3v) is 16.0. The molecule has 0 aliphatic carbocycles. The van der Waals surface area contributed by atoms with E-state index >= 15 is 0 Å². The number of hydrogen-bond donors (Lipinski definition) is 3. The van der Waals surface area contributed by atoms with Crippen molar-refractivity contribution in [3.63, 3.8) is 0 Å². The fourth-order valence-electron chi connectivity index (χ4n) is 10.7. The first-order valence-corrected chi connectivity index (χ1v) is 34.5. The molecule has 0 spiro atoms. The third kappa shape index (κ3) is 62.9. The quantitative estimate of drug-likeness (QED) is 0.0420. The Hall–Kier alpha value is -1.91. The van der Waals surface area contributed by atoms with Gasteiger partial charge in [-0.05, 0) is 70.6 Å². The zero-order valence-electron chi connectivity index (χ0n) is 51.5. The molecule has 0 rings (SSSR count). The van der Waals surface area contributed by atoms with Crippen LogP contribution in [0.2, 0.25) is 0 Å². The number of carbonyl (C=O) groups is 1. The molecule has 0 aromatic heterocycles. The maximum absolute atomic E-state index is 12.5. The van der Waals surface area contributed by atoms with Gasteiger partial charge in [0.25, 0.3) is 0 Å². The van der Waals surface area contributed by atoms with E-state index in [2.05, 4.69) is 67.8 Å². The Labute approximate surface area is 477 Å². The molecule has 0 aliphatic heterocycles. The Bertz CT molecular complexity index is 1250. The number of carbonyl (C=O) groups excluding carboxylic acids is 1. The van der Waals surface area contributed by atoms with Gasteiger partial charge < -0.3 is 15.5 Å². The lowest BCUT2D eigenvalue weighted by Crippen LogP contribution is -2.45. The van der Waals surface area contributed by atoms with Gasteiger partial charge in [-0.15, -0.1) is 0 Å². The van der Waals surface area contributed by atoms with Gasteiger partial charge in [0, 0.05) is 6.42 Å². The largest absolute Gasteiger partial charge is 0.394 e. The maximum atomic E-state index is 12.5. The van der Waals surface area contributed by atoms with Crippen LogP contribution in [0.4, 0.5) is 0 Å². The predicted molar refractivity (Wildman–Crippen MR) is 341 cm³/mol. The number of allylic oxidation sites excluding steroid dienone is 9. The molecule has 0 heterocycles.